The van der Waals surface area contributed by atoms with Crippen molar-refractivity contribution in [3.05, 3.63) is 35.4 Å². The van der Waals surface area contributed by atoms with Crippen LogP contribution >= 0.6 is 0 Å². The zero-order valence-corrected chi connectivity index (χ0v) is 13.4. The Labute approximate surface area is 119 Å². The van der Waals surface area contributed by atoms with E-state index in [4.69, 9.17) is 0 Å². The van der Waals surface area contributed by atoms with Gasteiger partial charge in [-0.2, -0.15) is 0 Å². The first-order valence-electron chi connectivity index (χ1n) is 7.76. The highest BCUT2D eigenvalue weighted by Gasteiger charge is 2.05. The highest BCUT2D eigenvalue weighted by atomic mass is 14.9. The smallest absolute Gasteiger partial charge is 0.00199 e. The van der Waals surface area contributed by atoms with Crippen molar-refractivity contribution in [2.75, 3.05) is 13.1 Å². The predicted octanol–water partition coefficient (Wildman–Crippen LogP) is 4.31. The summed E-state index contributed by atoms with van der Waals surface area (Å²) in [6.07, 6.45) is 2.37. The van der Waals surface area contributed by atoms with Crippen molar-refractivity contribution in [1.82, 2.24) is 5.32 Å². The fraction of sp³-hybridized carbons (Fsp3) is 0.667. The van der Waals surface area contributed by atoms with Gasteiger partial charge >= 0.3 is 0 Å². The molecule has 1 aromatic carbocycles. The molecule has 0 bridgehead atoms. The van der Waals surface area contributed by atoms with E-state index in [2.05, 4.69) is 64.2 Å². The average molecular weight is 261 g/mol. The van der Waals surface area contributed by atoms with E-state index >= 15 is 0 Å². The van der Waals surface area contributed by atoms with Gasteiger partial charge in [0.2, 0.25) is 0 Å². The van der Waals surface area contributed by atoms with E-state index in [0.717, 1.165) is 24.9 Å². The van der Waals surface area contributed by atoms with Gasteiger partial charge in [0, 0.05) is 0 Å². The second-order valence-electron chi connectivity index (χ2n) is 6.78. The molecule has 0 saturated heterocycles. The van der Waals surface area contributed by atoms with Crippen molar-refractivity contribution in [2.24, 2.45) is 17.8 Å². The summed E-state index contributed by atoms with van der Waals surface area (Å²) in [5.74, 6) is 2.18. The van der Waals surface area contributed by atoms with Crippen LogP contribution in [0.4, 0.5) is 0 Å². The Kier molecular flexibility index (Phi) is 7.15. The van der Waals surface area contributed by atoms with E-state index in [0.29, 0.717) is 5.92 Å². The molecular formula is C18H31N. The molecule has 0 aliphatic rings. The number of hydrogen-bond donors (Lipinski definition) is 1. The Morgan fingerprint density at radius 2 is 1.47 bits per heavy atom. The summed E-state index contributed by atoms with van der Waals surface area (Å²) in [6, 6.07) is 9.12. The van der Waals surface area contributed by atoms with Crippen LogP contribution in [0.5, 0.6) is 0 Å². The lowest BCUT2D eigenvalue weighted by atomic mass is 9.96. The lowest BCUT2D eigenvalue weighted by Crippen LogP contribution is -2.26. The zero-order valence-electron chi connectivity index (χ0n) is 13.4. The lowest BCUT2D eigenvalue weighted by molar-refractivity contribution is 0.473. The Balaban J connectivity index is 2.43. The number of nitrogens with one attached hydrogen (secondary N) is 1. The fourth-order valence-electron chi connectivity index (χ4n) is 2.45. The first-order chi connectivity index (χ1) is 8.97. The largest absolute Gasteiger partial charge is 0.316 e. The molecule has 1 unspecified atom stereocenters. The molecule has 0 heterocycles. The van der Waals surface area contributed by atoms with Crippen LogP contribution in [0.1, 0.15) is 45.7 Å². The number of rotatable bonds is 8. The maximum absolute atomic E-state index is 3.55. The summed E-state index contributed by atoms with van der Waals surface area (Å²) >= 11 is 0. The van der Waals surface area contributed by atoms with Crippen LogP contribution in [-0.2, 0) is 12.8 Å². The minimum absolute atomic E-state index is 0.702. The summed E-state index contributed by atoms with van der Waals surface area (Å²) in [5.41, 5.74) is 2.96. The topological polar surface area (TPSA) is 12.0 Å². The molecule has 0 radical (unpaired) electrons. The normalized spacial score (nSPS) is 13.2. The van der Waals surface area contributed by atoms with Gasteiger partial charge < -0.3 is 5.32 Å². The highest BCUT2D eigenvalue weighted by Crippen LogP contribution is 2.13. The summed E-state index contributed by atoms with van der Waals surface area (Å²) in [7, 11) is 0. The van der Waals surface area contributed by atoms with Crippen LogP contribution in [0.3, 0.4) is 0 Å². The van der Waals surface area contributed by atoms with Crippen molar-refractivity contribution in [3.63, 3.8) is 0 Å². The molecule has 1 nitrogen and oxygen atoms in total. The molecule has 1 aromatic rings. The van der Waals surface area contributed by atoms with E-state index < -0.39 is 0 Å². The standard InChI is InChI=1S/C18H31N/c1-14(2)9-17-7-6-8-18(11-17)10-16(5)13-19-12-15(3)4/h6-8,11,14-16,19H,9-10,12-13H2,1-5H3. The Bertz CT molecular complexity index is 354. The first kappa shape index (κ1) is 16.2. The summed E-state index contributed by atoms with van der Waals surface area (Å²) < 4.78 is 0. The second-order valence-corrected chi connectivity index (χ2v) is 6.78. The fourth-order valence-corrected chi connectivity index (χ4v) is 2.45. The minimum atomic E-state index is 0.702. The molecule has 0 aliphatic carbocycles. The van der Waals surface area contributed by atoms with Crippen LogP contribution < -0.4 is 5.32 Å². The zero-order chi connectivity index (χ0) is 14.3. The minimum Gasteiger partial charge on any atom is -0.316 e. The van der Waals surface area contributed by atoms with Crippen LogP contribution in [0, 0.1) is 17.8 Å². The summed E-state index contributed by atoms with van der Waals surface area (Å²) in [4.78, 5) is 0. The van der Waals surface area contributed by atoms with Gasteiger partial charge in [0.1, 0.15) is 0 Å². The van der Waals surface area contributed by atoms with Crippen molar-refractivity contribution in [3.8, 4) is 0 Å². The van der Waals surface area contributed by atoms with Crippen LogP contribution in [0.25, 0.3) is 0 Å². The third kappa shape index (κ3) is 7.37. The van der Waals surface area contributed by atoms with Crippen molar-refractivity contribution < 1.29 is 0 Å². The van der Waals surface area contributed by atoms with Crippen molar-refractivity contribution >= 4 is 0 Å². The second kappa shape index (κ2) is 8.37. The molecule has 1 N–H and O–H groups in total. The highest BCUT2D eigenvalue weighted by molar-refractivity contribution is 5.24. The van der Waals surface area contributed by atoms with E-state index in [1.54, 1.807) is 0 Å². The van der Waals surface area contributed by atoms with E-state index in [9.17, 15) is 0 Å². The molecule has 0 spiro atoms. The lowest BCUT2D eigenvalue weighted by Gasteiger charge is -2.15. The molecular weight excluding hydrogens is 230 g/mol. The molecule has 108 valence electrons. The molecule has 1 heteroatoms. The van der Waals surface area contributed by atoms with Gasteiger partial charge in [-0.1, -0.05) is 58.9 Å². The molecule has 0 aliphatic heterocycles. The summed E-state index contributed by atoms with van der Waals surface area (Å²) in [6.45, 7) is 13.7. The van der Waals surface area contributed by atoms with Gasteiger partial charge in [-0.3, -0.25) is 0 Å². The third-order valence-electron chi connectivity index (χ3n) is 3.26. The molecule has 19 heavy (non-hydrogen) atoms. The molecule has 0 fully saturated rings. The van der Waals surface area contributed by atoms with Gasteiger partial charge in [-0.15, -0.1) is 0 Å². The van der Waals surface area contributed by atoms with E-state index in [1.165, 1.54) is 24.0 Å². The van der Waals surface area contributed by atoms with Crippen molar-refractivity contribution in [2.45, 2.75) is 47.5 Å². The molecule has 0 saturated carbocycles. The van der Waals surface area contributed by atoms with Gasteiger partial charge in [0.15, 0.2) is 0 Å². The summed E-state index contributed by atoms with van der Waals surface area (Å²) in [5, 5.41) is 3.55. The van der Waals surface area contributed by atoms with Crippen LogP contribution in [0.15, 0.2) is 24.3 Å². The quantitative estimate of drug-likeness (QED) is 0.735. The van der Waals surface area contributed by atoms with Crippen LogP contribution in [-0.4, -0.2) is 13.1 Å². The van der Waals surface area contributed by atoms with E-state index in [1.807, 2.05) is 0 Å². The van der Waals surface area contributed by atoms with Gasteiger partial charge in [-0.25, -0.2) is 0 Å². The molecule has 0 amide bonds. The van der Waals surface area contributed by atoms with Gasteiger partial charge in [0.05, 0.1) is 0 Å². The number of hydrogen-bond acceptors (Lipinski definition) is 1. The maximum atomic E-state index is 3.55. The maximum Gasteiger partial charge on any atom is -0.00199 e. The first-order valence-corrected chi connectivity index (χ1v) is 7.76. The molecule has 1 atom stereocenters. The van der Waals surface area contributed by atoms with Gasteiger partial charge in [-0.05, 0) is 54.8 Å². The van der Waals surface area contributed by atoms with Gasteiger partial charge in [0.25, 0.3) is 0 Å². The SMILES string of the molecule is CC(C)CNCC(C)Cc1cccc(CC(C)C)c1. The Morgan fingerprint density at radius 1 is 0.842 bits per heavy atom. The average Bonchev–Trinajstić information content (AvgIpc) is 2.27. The Morgan fingerprint density at radius 3 is 2.05 bits per heavy atom. The van der Waals surface area contributed by atoms with Crippen molar-refractivity contribution in [1.29, 1.82) is 0 Å². The van der Waals surface area contributed by atoms with E-state index in [-0.39, 0.29) is 0 Å². The number of benzene rings is 1. The van der Waals surface area contributed by atoms with Crippen LogP contribution in [0.2, 0.25) is 0 Å². The molecule has 1 rings (SSSR count). The molecule has 0 aromatic heterocycles. The monoisotopic (exact) mass is 261 g/mol. The third-order valence-corrected chi connectivity index (χ3v) is 3.26. The Hall–Kier alpha value is -0.820. The predicted molar refractivity (Wildman–Crippen MR) is 85.6 cm³/mol.